The number of aromatic nitrogens is 3. The van der Waals surface area contributed by atoms with Gasteiger partial charge in [-0.05, 0) is 44.4 Å². The minimum absolute atomic E-state index is 0.209. The van der Waals surface area contributed by atoms with E-state index in [9.17, 15) is 14.4 Å². The summed E-state index contributed by atoms with van der Waals surface area (Å²) in [6.45, 7) is 8.07. The lowest BCUT2D eigenvalue weighted by atomic mass is 10.1. The number of carbonyl (C=O) groups excluding carboxylic acids is 2. The zero-order valence-corrected chi connectivity index (χ0v) is 20.4. The van der Waals surface area contributed by atoms with Gasteiger partial charge >= 0.3 is 0 Å². The summed E-state index contributed by atoms with van der Waals surface area (Å²) < 4.78 is 2.74. The van der Waals surface area contributed by atoms with Gasteiger partial charge in [0.05, 0.1) is 5.56 Å². The molecule has 0 aliphatic rings. The molecule has 0 atom stereocenters. The summed E-state index contributed by atoms with van der Waals surface area (Å²) >= 11 is 0. The van der Waals surface area contributed by atoms with Crippen LogP contribution in [0, 0.1) is 27.7 Å². The van der Waals surface area contributed by atoms with Crippen LogP contribution < -0.4 is 16.2 Å². The molecule has 4 rings (SSSR count). The molecule has 0 unspecified atom stereocenters. The van der Waals surface area contributed by atoms with Gasteiger partial charge in [0.15, 0.2) is 0 Å². The van der Waals surface area contributed by atoms with Crippen molar-refractivity contribution in [1.29, 1.82) is 0 Å². The van der Waals surface area contributed by atoms with Crippen LogP contribution in [0.1, 0.15) is 43.9 Å². The van der Waals surface area contributed by atoms with Crippen LogP contribution in [0.4, 0.5) is 0 Å². The van der Waals surface area contributed by atoms with Crippen LogP contribution in [0.15, 0.2) is 59.7 Å². The molecule has 8 nitrogen and oxygen atoms in total. The molecular formula is C27H29N5O3. The molecule has 2 heterocycles. The number of nitrogens with zero attached hydrogens (tertiary/aromatic N) is 3. The number of rotatable bonds is 7. The molecule has 180 valence electrons. The third-order valence-corrected chi connectivity index (χ3v) is 6.14. The first-order valence-electron chi connectivity index (χ1n) is 11.5. The fourth-order valence-corrected chi connectivity index (χ4v) is 4.08. The second kappa shape index (κ2) is 9.97. The number of amides is 2. The van der Waals surface area contributed by atoms with E-state index < -0.39 is 5.56 Å². The number of fused-ring (bicyclic) bond motifs is 1. The first-order valence-corrected chi connectivity index (χ1v) is 11.5. The van der Waals surface area contributed by atoms with Gasteiger partial charge in [0.1, 0.15) is 18.4 Å². The highest BCUT2D eigenvalue weighted by Gasteiger charge is 2.22. The van der Waals surface area contributed by atoms with Crippen molar-refractivity contribution in [1.82, 2.24) is 24.8 Å². The molecule has 4 aromatic rings. The van der Waals surface area contributed by atoms with E-state index >= 15 is 0 Å². The lowest BCUT2D eigenvalue weighted by molar-refractivity contribution is -0.122. The van der Waals surface area contributed by atoms with Crippen molar-refractivity contribution in [3.63, 3.8) is 0 Å². The zero-order chi connectivity index (χ0) is 25.1. The number of hydrogen-bond acceptors (Lipinski definition) is 4. The van der Waals surface area contributed by atoms with Gasteiger partial charge in [0, 0.05) is 18.8 Å². The molecular weight excluding hydrogens is 442 g/mol. The van der Waals surface area contributed by atoms with Crippen LogP contribution in [-0.2, 0) is 24.4 Å². The summed E-state index contributed by atoms with van der Waals surface area (Å²) in [6.07, 6.45) is 1.48. The Morgan fingerprint density at radius 2 is 1.37 bits per heavy atom. The molecule has 0 bridgehead atoms. The summed E-state index contributed by atoms with van der Waals surface area (Å²) in [4.78, 5) is 38.6. The topological polar surface area (TPSA) is 97.5 Å². The van der Waals surface area contributed by atoms with Gasteiger partial charge in [-0.1, -0.05) is 59.7 Å². The summed E-state index contributed by atoms with van der Waals surface area (Å²) in [5, 5.41) is 9.92. The average molecular weight is 472 g/mol. The van der Waals surface area contributed by atoms with Crippen LogP contribution >= 0.6 is 0 Å². The van der Waals surface area contributed by atoms with Gasteiger partial charge in [-0.2, -0.15) is 5.10 Å². The molecule has 0 aliphatic carbocycles. The highest BCUT2D eigenvalue weighted by atomic mass is 16.2. The second-order valence-electron chi connectivity index (χ2n) is 8.83. The SMILES string of the molecule is Cc1ccc(CNC(=O)Cn2ncn3c(C)c(C(=O)NCc4ccc(C)cc4)c(C)c3c2=O)cc1. The van der Waals surface area contributed by atoms with E-state index in [0.717, 1.165) is 26.9 Å². The lowest BCUT2D eigenvalue weighted by Gasteiger charge is -2.08. The van der Waals surface area contributed by atoms with Crippen molar-refractivity contribution >= 4 is 17.3 Å². The smallest absolute Gasteiger partial charge is 0.291 e. The minimum atomic E-state index is -0.420. The first-order chi connectivity index (χ1) is 16.7. The van der Waals surface area contributed by atoms with Gasteiger partial charge in [-0.15, -0.1) is 0 Å². The molecule has 8 heteroatoms. The van der Waals surface area contributed by atoms with Gasteiger partial charge in [-0.25, -0.2) is 4.68 Å². The summed E-state index contributed by atoms with van der Waals surface area (Å²) in [5.41, 5.74) is 5.80. The molecule has 35 heavy (non-hydrogen) atoms. The maximum absolute atomic E-state index is 13.2. The standard InChI is InChI=1S/C27H29N5O3/c1-17-5-9-21(10-6-17)13-28-23(33)15-32-27(35)25-19(3)24(20(4)31(25)16-30-32)26(34)29-14-22-11-7-18(2)8-12-22/h5-12,16H,13-15H2,1-4H3,(H,28,33)(H,29,34). The third-order valence-electron chi connectivity index (χ3n) is 6.14. The summed E-state index contributed by atoms with van der Waals surface area (Å²) in [5.74, 6) is -0.576. The van der Waals surface area contributed by atoms with E-state index in [4.69, 9.17) is 0 Å². The minimum Gasteiger partial charge on any atom is -0.350 e. The Labute approximate surface area is 203 Å². The molecule has 0 fully saturated rings. The summed E-state index contributed by atoms with van der Waals surface area (Å²) in [6, 6.07) is 15.8. The maximum Gasteiger partial charge on any atom is 0.291 e. The van der Waals surface area contributed by atoms with Crippen molar-refractivity contribution < 1.29 is 9.59 Å². The molecule has 2 N–H and O–H groups in total. The Balaban J connectivity index is 1.51. The maximum atomic E-state index is 13.2. The van der Waals surface area contributed by atoms with Crippen molar-refractivity contribution in [3.8, 4) is 0 Å². The number of nitrogens with one attached hydrogen (secondary N) is 2. The predicted octanol–water partition coefficient (Wildman–Crippen LogP) is 2.98. The largest absolute Gasteiger partial charge is 0.350 e. The number of benzene rings is 2. The molecule has 0 radical (unpaired) electrons. The number of aryl methyl sites for hydroxylation is 4. The second-order valence-corrected chi connectivity index (χ2v) is 8.83. The monoisotopic (exact) mass is 471 g/mol. The molecule has 2 amide bonds. The molecule has 0 aliphatic heterocycles. The fraction of sp³-hybridized carbons (Fsp3) is 0.259. The third kappa shape index (κ3) is 5.16. The van der Waals surface area contributed by atoms with E-state index in [-0.39, 0.29) is 18.4 Å². The zero-order valence-electron chi connectivity index (χ0n) is 20.4. The van der Waals surface area contributed by atoms with Gasteiger partial charge < -0.3 is 10.6 Å². The Morgan fingerprint density at radius 3 is 1.94 bits per heavy atom. The van der Waals surface area contributed by atoms with Crippen LogP contribution in [0.2, 0.25) is 0 Å². The van der Waals surface area contributed by atoms with Gasteiger partial charge in [0.25, 0.3) is 11.5 Å². The van der Waals surface area contributed by atoms with Gasteiger partial charge in [-0.3, -0.25) is 18.8 Å². The Bertz CT molecular complexity index is 1450. The van der Waals surface area contributed by atoms with E-state index in [0.29, 0.717) is 35.4 Å². The summed E-state index contributed by atoms with van der Waals surface area (Å²) in [7, 11) is 0. The predicted molar refractivity (Wildman–Crippen MR) is 134 cm³/mol. The van der Waals surface area contributed by atoms with E-state index in [1.54, 1.807) is 18.2 Å². The van der Waals surface area contributed by atoms with E-state index in [1.165, 1.54) is 6.33 Å². The van der Waals surface area contributed by atoms with E-state index in [1.807, 2.05) is 62.4 Å². The van der Waals surface area contributed by atoms with Crippen LogP contribution in [0.5, 0.6) is 0 Å². The molecule has 2 aromatic carbocycles. The van der Waals surface area contributed by atoms with Gasteiger partial charge in [0.2, 0.25) is 5.91 Å². The number of hydrogen-bond donors (Lipinski definition) is 2. The number of carbonyl (C=O) groups is 2. The first kappa shape index (κ1) is 23.9. The van der Waals surface area contributed by atoms with Crippen molar-refractivity contribution in [2.45, 2.75) is 47.3 Å². The molecule has 0 saturated carbocycles. The van der Waals surface area contributed by atoms with Crippen molar-refractivity contribution in [2.24, 2.45) is 0 Å². The van der Waals surface area contributed by atoms with Crippen molar-refractivity contribution in [2.75, 3.05) is 0 Å². The lowest BCUT2D eigenvalue weighted by Crippen LogP contribution is -2.34. The Kier molecular flexibility index (Phi) is 6.82. The molecule has 0 saturated heterocycles. The highest BCUT2D eigenvalue weighted by molar-refractivity contribution is 5.99. The Hall–Kier alpha value is -4.20. The molecule has 0 spiro atoms. The highest BCUT2D eigenvalue weighted by Crippen LogP contribution is 2.20. The van der Waals surface area contributed by atoms with E-state index in [2.05, 4.69) is 15.7 Å². The normalized spacial score (nSPS) is 11.0. The van der Waals surface area contributed by atoms with Crippen LogP contribution in [0.3, 0.4) is 0 Å². The molecule has 2 aromatic heterocycles. The fourth-order valence-electron chi connectivity index (χ4n) is 4.08. The van der Waals surface area contributed by atoms with Crippen molar-refractivity contribution in [3.05, 3.63) is 104 Å². The average Bonchev–Trinajstić information content (AvgIpc) is 3.10. The van der Waals surface area contributed by atoms with Crippen LogP contribution in [-0.4, -0.2) is 26.0 Å². The quantitative estimate of drug-likeness (QED) is 0.433. The Morgan fingerprint density at radius 1 is 0.829 bits per heavy atom. The van der Waals surface area contributed by atoms with Crippen LogP contribution in [0.25, 0.3) is 5.52 Å².